The molecule has 3 nitrogen and oxygen atoms in total. The molecule has 3 aliphatic rings. The van der Waals surface area contributed by atoms with Crippen molar-refractivity contribution in [3.8, 4) is 0 Å². The van der Waals surface area contributed by atoms with E-state index in [4.69, 9.17) is 0 Å². The van der Waals surface area contributed by atoms with Crippen LogP contribution in [-0.2, 0) is 0 Å². The lowest BCUT2D eigenvalue weighted by molar-refractivity contribution is 0.0404. The van der Waals surface area contributed by atoms with Crippen molar-refractivity contribution in [1.29, 1.82) is 0 Å². The van der Waals surface area contributed by atoms with Crippen LogP contribution in [0.4, 0.5) is 0 Å². The Kier molecular flexibility index (Phi) is 4.25. The zero-order valence-electron chi connectivity index (χ0n) is 12.4. The molecule has 3 heteroatoms. The molecule has 0 aliphatic carbocycles. The Morgan fingerprint density at radius 3 is 2.21 bits per heavy atom. The van der Waals surface area contributed by atoms with Crippen LogP contribution in [0.15, 0.2) is 12.7 Å². The number of piperazine rings is 1. The molecule has 0 unspecified atom stereocenters. The van der Waals surface area contributed by atoms with Crippen LogP contribution in [0.5, 0.6) is 0 Å². The summed E-state index contributed by atoms with van der Waals surface area (Å²) in [7, 11) is 2.34. The van der Waals surface area contributed by atoms with E-state index in [1.807, 2.05) is 6.08 Å². The third-order valence-corrected chi connectivity index (χ3v) is 5.65. The van der Waals surface area contributed by atoms with Gasteiger partial charge in [0.1, 0.15) is 0 Å². The van der Waals surface area contributed by atoms with Crippen molar-refractivity contribution in [2.24, 2.45) is 0 Å². The SMILES string of the molecule is C=CCCN1CCN(C2C[C@H]3CC[C@H](C2)N3C)CC1. The largest absolute Gasteiger partial charge is 0.300 e. The monoisotopic (exact) mass is 263 g/mol. The smallest absolute Gasteiger partial charge is 0.0126 e. The Bertz CT molecular complexity index is 295. The maximum Gasteiger partial charge on any atom is 0.0126 e. The molecule has 3 rings (SSSR count). The van der Waals surface area contributed by atoms with Crippen LogP contribution in [0.2, 0.25) is 0 Å². The number of fused-ring (bicyclic) bond motifs is 2. The fourth-order valence-electron chi connectivity index (χ4n) is 4.31. The maximum absolute atomic E-state index is 3.82. The minimum absolute atomic E-state index is 0.871. The number of rotatable bonds is 4. The van der Waals surface area contributed by atoms with Crippen molar-refractivity contribution >= 4 is 0 Å². The Balaban J connectivity index is 1.48. The first-order valence-corrected chi connectivity index (χ1v) is 8.07. The second-order valence-electron chi connectivity index (χ2n) is 6.63. The van der Waals surface area contributed by atoms with Crippen LogP contribution < -0.4 is 0 Å². The van der Waals surface area contributed by atoms with Gasteiger partial charge in [0.15, 0.2) is 0 Å². The molecule has 0 aromatic heterocycles. The summed E-state index contributed by atoms with van der Waals surface area (Å²) in [4.78, 5) is 8.03. The standard InChI is InChI=1S/C16H29N3/c1-3-4-7-18-8-10-19(11-9-18)16-12-14-5-6-15(13-16)17(14)2/h3,14-16H,1,4-13H2,2H3/t14-,15-/m1/s1. The van der Waals surface area contributed by atoms with E-state index in [1.54, 1.807) is 0 Å². The summed E-state index contributed by atoms with van der Waals surface area (Å²) < 4.78 is 0. The quantitative estimate of drug-likeness (QED) is 0.716. The first kappa shape index (κ1) is 13.6. The molecule has 2 bridgehead atoms. The third-order valence-electron chi connectivity index (χ3n) is 5.65. The van der Waals surface area contributed by atoms with Gasteiger partial charge in [-0.1, -0.05) is 6.08 Å². The highest BCUT2D eigenvalue weighted by molar-refractivity contribution is 4.97. The highest BCUT2D eigenvalue weighted by Gasteiger charge is 2.40. The van der Waals surface area contributed by atoms with Gasteiger partial charge in [0.2, 0.25) is 0 Å². The van der Waals surface area contributed by atoms with Gasteiger partial charge in [0.05, 0.1) is 0 Å². The van der Waals surface area contributed by atoms with Gasteiger partial charge >= 0.3 is 0 Å². The fourth-order valence-corrected chi connectivity index (χ4v) is 4.31. The van der Waals surface area contributed by atoms with Crippen molar-refractivity contribution in [2.75, 3.05) is 39.8 Å². The summed E-state index contributed by atoms with van der Waals surface area (Å²) in [6, 6.07) is 2.63. The molecular formula is C16H29N3. The van der Waals surface area contributed by atoms with Gasteiger partial charge in [0.25, 0.3) is 0 Å². The summed E-state index contributed by atoms with van der Waals surface area (Å²) in [6.45, 7) is 10.1. The molecule has 19 heavy (non-hydrogen) atoms. The highest BCUT2D eigenvalue weighted by atomic mass is 15.3. The zero-order chi connectivity index (χ0) is 13.2. The lowest BCUT2D eigenvalue weighted by Gasteiger charge is -2.45. The molecule has 0 radical (unpaired) electrons. The number of hydrogen-bond acceptors (Lipinski definition) is 3. The minimum atomic E-state index is 0.871. The van der Waals surface area contributed by atoms with Gasteiger partial charge < -0.3 is 9.80 Å². The zero-order valence-corrected chi connectivity index (χ0v) is 12.4. The second-order valence-corrected chi connectivity index (χ2v) is 6.63. The molecule has 2 atom stereocenters. The van der Waals surface area contributed by atoms with Crippen molar-refractivity contribution < 1.29 is 0 Å². The number of hydrogen-bond donors (Lipinski definition) is 0. The second kappa shape index (κ2) is 5.94. The molecule has 0 N–H and O–H groups in total. The van der Waals surface area contributed by atoms with Crippen molar-refractivity contribution in [3.05, 3.63) is 12.7 Å². The molecule has 3 heterocycles. The average Bonchev–Trinajstić information content (AvgIpc) is 2.68. The van der Waals surface area contributed by atoms with Crippen LogP contribution >= 0.6 is 0 Å². The van der Waals surface area contributed by atoms with E-state index in [9.17, 15) is 0 Å². The molecule has 108 valence electrons. The number of piperidine rings is 1. The Morgan fingerprint density at radius 2 is 1.63 bits per heavy atom. The molecule has 3 aliphatic heterocycles. The van der Waals surface area contributed by atoms with E-state index in [-0.39, 0.29) is 0 Å². The van der Waals surface area contributed by atoms with Crippen LogP contribution in [0.25, 0.3) is 0 Å². The summed E-state index contributed by atoms with van der Waals surface area (Å²) in [5.74, 6) is 0. The molecule has 0 aromatic rings. The van der Waals surface area contributed by atoms with Crippen molar-refractivity contribution in [3.63, 3.8) is 0 Å². The Hall–Kier alpha value is -0.380. The van der Waals surface area contributed by atoms with Gasteiger partial charge in [-0.05, 0) is 39.2 Å². The molecule has 0 amide bonds. The Labute approximate surface area is 118 Å². The predicted octanol–water partition coefficient (Wildman–Crippen LogP) is 1.81. The van der Waals surface area contributed by atoms with Crippen molar-refractivity contribution in [1.82, 2.24) is 14.7 Å². The van der Waals surface area contributed by atoms with Crippen LogP contribution in [0, 0.1) is 0 Å². The molecule has 3 saturated heterocycles. The highest BCUT2D eigenvalue weighted by Crippen LogP contribution is 2.36. The summed E-state index contributed by atoms with van der Waals surface area (Å²) in [5, 5.41) is 0. The van der Waals surface area contributed by atoms with Gasteiger partial charge in [-0.15, -0.1) is 6.58 Å². The van der Waals surface area contributed by atoms with Gasteiger partial charge in [0, 0.05) is 50.8 Å². The van der Waals surface area contributed by atoms with Gasteiger partial charge in [-0.3, -0.25) is 4.90 Å². The maximum atomic E-state index is 3.82. The normalized spacial score (nSPS) is 37.6. The van der Waals surface area contributed by atoms with Gasteiger partial charge in [-0.2, -0.15) is 0 Å². The first-order chi connectivity index (χ1) is 9.28. The summed E-state index contributed by atoms with van der Waals surface area (Å²) in [5.41, 5.74) is 0. The van der Waals surface area contributed by atoms with Crippen LogP contribution in [-0.4, -0.2) is 72.6 Å². The summed E-state index contributed by atoms with van der Waals surface area (Å²) >= 11 is 0. The number of nitrogens with zero attached hydrogens (tertiary/aromatic N) is 3. The Morgan fingerprint density at radius 1 is 1.00 bits per heavy atom. The summed E-state index contributed by atoms with van der Waals surface area (Å²) in [6.07, 6.45) is 8.90. The topological polar surface area (TPSA) is 9.72 Å². The van der Waals surface area contributed by atoms with Crippen LogP contribution in [0.1, 0.15) is 32.1 Å². The van der Waals surface area contributed by atoms with E-state index >= 15 is 0 Å². The minimum Gasteiger partial charge on any atom is -0.300 e. The lowest BCUT2D eigenvalue weighted by Crippen LogP contribution is -2.55. The molecule has 0 spiro atoms. The molecular weight excluding hydrogens is 234 g/mol. The lowest BCUT2D eigenvalue weighted by atomic mass is 9.96. The van der Waals surface area contributed by atoms with E-state index in [0.29, 0.717) is 0 Å². The fraction of sp³-hybridized carbons (Fsp3) is 0.875. The first-order valence-electron chi connectivity index (χ1n) is 8.07. The van der Waals surface area contributed by atoms with Crippen molar-refractivity contribution in [2.45, 2.75) is 50.2 Å². The van der Waals surface area contributed by atoms with Gasteiger partial charge in [-0.25, -0.2) is 0 Å². The third kappa shape index (κ3) is 2.88. The van der Waals surface area contributed by atoms with E-state index < -0.39 is 0 Å². The van der Waals surface area contributed by atoms with E-state index in [2.05, 4.69) is 28.3 Å². The molecule has 0 saturated carbocycles. The van der Waals surface area contributed by atoms with Crippen LogP contribution in [0.3, 0.4) is 0 Å². The average molecular weight is 263 g/mol. The van der Waals surface area contributed by atoms with E-state index in [1.165, 1.54) is 58.4 Å². The molecule has 3 fully saturated rings. The molecule has 0 aromatic carbocycles. The van der Waals surface area contributed by atoms with E-state index in [0.717, 1.165) is 24.5 Å². The predicted molar refractivity (Wildman–Crippen MR) is 80.4 cm³/mol.